The lowest BCUT2D eigenvalue weighted by atomic mass is 10.1. The molecule has 1 aromatic carbocycles. The molecular formula is C22H30N4O4. The first kappa shape index (κ1) is 21.7. The number of hydrogen-bond donors (Lipinski definition) is 1. The Labute approximate surface area is 177 Å². The summed E-state index contributed by atoms with van der Waals surface area (Å²) in [5.74, 6) is 0.386. The Morgan fingerprint density at radius 2 is 2.03 bits per heavy atom. The first-order valence-electron chi connectivity index (χ1n) is 10.1. The Balaban J connectivity index is 1.67. The maximum absolute atomic E-state index is 12.8. The van der Waals surface area contributed by atoms with Gasteiger partial charge >= 0.3 is 6.09 Å². The van der Waals surface area contributed by atoms with Crippen molar-refractivity contribution >= 4 is 12.0 Å². The first-order chi connectivity index (χ1) is 14.2. The second-order valence-electron chi connectivity index (χ2n) is 8.55. The molecule has 1 atom stereocenters. The molecule has 2 amide bonds. The molecule has 2 heterocycles. The van der Waals surface area contributed by atoms with Gasteiger partial charge in [-0.15, -0.1) is 0 Å². The number of likely N-dealkylation sites (tertiary alicyclic amines) is 1. The fourth-order valence-corrected chi connectivity index (χ4v) is 3.44. The van der Waals surface area contributed by atoms with Gasteiger partial charge in [0.15, 0.2) is 0 Å². The van der Waals surface area contributed by atoms with E-state index in [2.05, 4.69) is 10.3 Å². The zero-order valence-electron chi connectivity index (χ0n) is 18.3. The van der Waals surface area contributed by atoms with Crippen LogP contribution in [-0.4, -0.2) is 58.3 Å². The summed E-state index contributed by atoms with van der Waals surface area (Å²) in [6.07, 6.45) is 4.88. The molecule has 1 fully saturated rings. The van der Waals surface area contributed by atoms with Gasteiger partial charge in [-0.3, -0.25) is 4.79 Å². The third kappa shape index (κ3) is 5.31. The second-order valence-corrected chi connectivity index (χ2v) is 8.55. The van der Waals surface area contributed by atoms with Gasteiger partial charge < -0.3 is 24.3 Å². The fraction of sp³-hybridized carbons (Fsp3) is 0.500. The molecule has 1 aromatic heterocycles. The minimum absolute atomic E-state index is 0.124. The number of nitrogens with one attached hydrogen (secondary N) is 1. The van der Waals surface area contributed by atoms with Crippen molar-refractivity contribution in [3.05, 3.63) is 42.0 Å². The molecule has 8 nitrogen and oxygen atoms in total. The summed E-state index contributed by atoms with van der Waals surface area (Å²) >= 11 is 0. The summed E-state index contributed by atoms with van der Waals surface area (Å²) in [6.45, 7) is 8.51. The van der Waals surface area contributed by atoms with E-state index in [4.69, 9.17) is 9.47 Å². The Bertz CT molecular complexity index is 916. The topological polar surface area (TPSA) is 85.7 Å². The number of amides is 2. The van der Waals surface area contributed by atoms with Crippen molar-refractivity contribution in [2.75, 3.05) is 20.2 Å². The number of imidazole rings is 1. The van der Waals surface area contributed by atoms with Gasteiger partial charge in [-0.2, -0.15) is 0 Å². The van der Waals surface area contributed by atoms with E-state index in [0.717, 1.165) is 24.2 Å². The van der Waals surface area contributed by atoms with Gasteiger partial charge in [-0.25, -0.2) is 9.78 Å². The van der Waals surface area contributed by atoms with Crippen LogP contribution in [0.25, 0.3) is 5.69 Å². The highest BCUT2D eigenvalue weighted by Crippen LogP contribution is 2.25. The van der Waals surface area contributed by atoms with Crippen LogP contribution in [0.5, 0.6) is 5.75 Å². The van der Waals surface area contributed by atoms with Gasteiger partial charge in [0.05, 0.1) is 24.8 Å². The maximum Gasteiger partial charge on any atom is 0.410 e. The van der Waals surface area contributed by atoms with Gasteiger partial charge in [0.25, 0.3) is 5.91 Å². The molecule has 1 aliphatic rings. The number of aryl methyl sites for hydroxylation is 1. The van der Waals surface area contributed by atoms with Gasteiger partial charge in [-0.1, -0.05) is 0 Å². The predicted molar refractivity (Wildman–Crippen MR) is 113 cm³/mol. The normalized spacial score (nSPS) is 16.8. The molecule has 1 aliphatic heterocycles. The molecule has 1 saturated heterocycles. The minimum atomic E-state index is -0.542. The molecule has 2 aromatic rings. The van der Waals surface area contributed by atoms with Crippen LogP contribution in [0, 0.1) is 6.92 Å². The Kier molecular flexibility index (Phi) is 6.34. The number of aromatic nitrogens is 2. The van der Waals surface area contributed by atoms with E-state index >= 15 is 0 Å². The van der Waals surface area contributed by atoms with Crippen LogP contribution in [0.15, 0.2) is 30.7 Å². The zero-order valence-corrected chi connectivity index (χ0v) is 18.3. The highest BCUT2D eigenvalue weighted by atomic mass is 16.6. The Morgan fingerprint density at radius 1 is 1.27 bits per heavy atom. The molecule has 3 rings (SSSR count). The van der Waals surface area contributed by atoms with E-state index in [9.17, 15) is 9.59 Å². The number of benzene rings is 1. The summed E-state index contributed by atoms with van der Waals surface area (Å²) in [5.41, 5.74) is 1.66. The van der Waals surface area contributed by atoms with Crippen LogP contribution in [-0.2, 0) is 4.74 Å². The molecular weight excluding hydrogens is 384 g/mol. The van der Waals surface area contributed by atoms with E-state index < -0.39 is 5.60 Å². The quantitative estimate of drug-likeness (QED) is 0.830. The number of ether oxygens (including phenoxy) is 2. The minimum Gasteiger partial charge on any atom is -0.495 e. The lowest BCUT2D eigenvalue weighted by Crippen LogP contribution is -2.50. The molecule has 0 saturated carbocycles. The molecule has 30 heavy (non-hydrogen) atoms. The van der Waals surface area contributed by atoms with E-state index in [1.807, 2.05) is 44.5 Å². The number of hydrogen-bond acceptors (Lipinski definition) is 5. The van der Waals surface area contributed by atoms with E-state index in [-0.39, 0.29) is 18.0 Å². The van der Waals surface area contributed by atoms with Crippen LogP contribution in [0.4, 0.5) is 4.79 Å². The summed E-state index contributed by atoms with van der Waals surface area (Å²) < 4.78 is 12.8. The van der Waals surface area contributed by atoms with Crippen LogP contribution in [0.1, 0.15) is 49.7 Å². The third-order valence-corrected chi connectivity index (χ3v) is 4.84. The Hall–Kier alpha value is -3.03. The standard InChI is InChI=1S/C22H30N4O4/c1-15-12-26(14-23-15)18-9-8-16(11-19(18)29-5)20(27)24-17-7-6-10-25(13-17)21(28)30-22(2,3)4/h8-9,11-12,14,17H,6-7,10,13H2,1-5H3,(H,24,27)/t17-/m1/s1. The van der Waals surface area contributed by atoms with Crippen molar-refractivity contribution in [3.8, 4) is 11.4 Å². The average molecular weight is 415 g/mol. The van der Waals surface area contributed by atoms with E-state index in [1.54, 1.807) is 30.5 Å². The molecule has 1 N–H and O–H groups in total. The van der Waals surface area contributed by atoms with Crippen molar-refractivity contribution in [1.82, 2.24) is 19.8 Å². The van der Waals surface area contributed by atoms with Gasteiger partial charge in [0, 0.05) is 30.9 Å². The average Bonchev–Trinajstić information content (AvgIpc) is 3.12. The highest BCUT2D eigenvalue weighted by Gasteiger charge is 2.28. The van der Waals surface area contributed by atoms with Gasteiger partial charge in [0.1, 0.15) is 11.4 Å². The van der Waals surface area contributed by atoms with Crippen LogP contribution < -0.4 is 10.1 Å². The monoisotopic (exact) mass is 414 g/mol. The van der Waals surface area contributed by atoms with Crippen LogP contribution in [0.2, 0.25) is 0 Å². The summed E-state index contributed by atoms with van der Waals surface area (Å²) in [6, 6.07) is 5.19. The van der Waals surface area contributed by atoms with Crippen molar-refractivity contribution in [2.24, 2.45) is 0 Å². The number of methoxy groups -OCH3 is 1. The molecule has 0 radical (unpaired) electrons. The summed E-state index contributed by atoms with van der Waals surface area (Å²) in [5, 5.41) is 3.03. The molecule has 0 bridgehead atoms. The number of carbonyl (C=O) groups is 2. The van der Waals surface area contributed by atoms with Gasteiger partial charge in [-0.05, 0) is 58.7 Å². The van der Waals surface area contributed by atoms with E-state index in [1.165, 1.54) is 0 Å². The lowest BCUT2D eigenvalue weighted by molar-refractivity contribution is 0.0185. The van der Waals surface area contributed by atoms with Crippen molar-refractivity contribution in [2.45, 2.75) is 52.2 Å². The Morgan fingerprint density at radius 3 is 2.67 bits per heavy atom. The van der Waals surface area contributed by atoms with Crippen LogP contribution >= 0.6 is 0 Å². The van der Waals surface area contributed by atoms with Crippen molar-refractivity contribution in [3.63, 3.8) is 0 Å². The van der Waals surface area contributed by atoms with Crippen molar-refractivity contribution in [1.29, 1.82) is 0 Å². The smallest absolute Gasteiger partial charge is 0.410 e. The molecule has 162 valence electrons. The number of nitrogens with zero attached hydrogens (tertiary/aromatic N) is 3. The van der Waals surface area contributed by atoms with Crippen molar-refractivity contribution < 1.29 is 19.1 Å². The number of piperidine rings is 1. The number of rotatable bonds is 4. The lowest BCUT2D eigenvalue weighted by Gasteiger charge is -2.34. The fourth-order valence-electron chi connectivity index (χ4n) is 3.44. The number of carbonyl (C=O) groups excluding carboxylic acids is 2. The second kappa shape index (κ2) is 8.77. The third-order valence-electron chi connectivity index (χ3n) is 4.84. The summed E-state index contributed by atoms with van der Waals surface area (Å²) in [4.78, 5) is 31.0. The molecule has 0 spiro atoms. The van der Waals surface area contributed by atoms with Crippen LogP contribution in [0.3, 0.4) is 0 Å². The largest absolute Gasteiger partial charge is 0.495 e. The summed E-state index contributed by atoms with van der Waals surface area (Å²) in [7, 11) is 1.57. The molecule has 0 unspecified atom stereocenters. The first-order valence-corrected chi connectivity index (χ1v) is 10.1. The zero-order chi connectivity index (χ0) is 21.9. The van der Waals surface area contributed by atoms with Gasteiger partial charge in [0.2, 0.25) is 0 Å². The van der Waals surface area contributed by atoms with E-state index in [0.29, 0.717) is 24.4 Å². The maximum atomic E-state index is 12.8. The highest BCUT2D eigenvalue weighted by molar-refractivity contribution is 5.95. The molecule has 8 heteroatoms. The predicted octanol–water partition coefficient (Wildman–Crippen LogP) is 3.32. The molecule has 0 aliphatic carbocycles. The SMILES string of the molecule is COc1cc(C(=O)N[C@@H]2CCCN(C(=O)OC(C)(C)C)C2)ccc1-n1cnc(C)c1.